The normalized spacial score (nSPS) is 15.7. The molecule has 2 rings (SSSR count). The first kappa shape index (κ1) is 15.1. The van der Waals surface area contributed by atoms with Gasteiger partial charge >= 0.3 is 0 Å². The Labute approximate surface area is 124 Å². The number of aromatic nitrogens is 1. The van der Waals surface area contributed by atoms with Crippen molar-refractivity contribution in [3.63, 3.8) is 0 Å². The van der Waals surface area contributed by atoms with E-state index in [0.717, 1.165) is 24.6 Å². The third kappa shape index (κ3) is 3.85. The quantitative estimate of drug-likeness (QED) is 0.895. The molecule has 1 aromatic heterocycles. The van der Waals surface area contributed by atoms with Gasteiger partial charge in [0.15, 0.2) is 5.13 Å². The fourth-order valence-electron chi connectivity index (χ4n) is 2.16. The van der Waals surface area contributed by atoms with E-state index >= 15 is 0 Å². The monoisotopic (exact) mass is 296 g/mol. The minimum atomic E-state index is -0.102. The van der Waals surface area contributed by atoms with Gasteiger partial charge in [-0.2, -0.15) is 0 Å². The van der Waals surface area contributed by atoms with Gasteiger partial charge in [-0.15, -0.1) is 0 Å². The third-order valence-corrected chi connectivity index (χ3v) is 4.52. The van der Waals surface area contributed by atoms with Crippen LogP contribution in [0.2, 0.25) is 0 Å². The first-order chi connectivity index (χ1) is 9.37. The maximum atomic E-state index is 12.1. The lowest BCUT2D eigenvalue weighted by atomic mass is 9.92. The Morgan fingerprint density at radius 3 is 2.65 bits per heavy atom. The topological polar surface area (TPSA) is 71.2 Å². The van der Waals surface area contributed by atoms with Crippen LogP contribution in [0.3, 0.4) is 0 Å². The molecule has 3 N–H and O–H groups in total. The molecule has 0 aromatic carbocycles. The summed E-state index contributed by atoms with van der Waals surface area (Å²) in [6.45, 7) is 9.16. The molecular formula is C14H24N4OS. The number of rotatable bonds is 4. The molecule has 6 heteroatoms. The summed E-state index contributed by atoms with van der Waals surface area (Å²) in [5.41, 5.74) is 6.09. The highest BCUT2D eigenvalue weighted by atomic mass is 32.1. The lowest BCUT2D eigenvalue weighted by Crippen LogP contribution is -2.27. The molecule has 0 aliphatic carbocycles. The molecule has 5 nitrogen and oxygen atoms in total. The number of hydrogen-bond donors (Lipinski definition) is 2. The summed E-state index contributed by atoms with van der Waals surface area (Å²) in [5, 5.41) is 3.81. The molecule has 0 spiro atoms. The first-order valence-electron chi connectivity index (χ1n) is 7.16. The average Bonchev–Trinajstić information content (AvgIpc) is 2.95. The zero-order valence-corrected chi connectivity index (χ0v) is 13.3. The number of nitrogens with zero attached hydrogens (tertiary/aromatic N) is 2. The molecule has 20 heavy (non-hydrogen) atoms. The van der Waals surface area contributed by atoms with Crippen molar-refractivity contribution >= 4 is 28.2 Å². The van der Waals surface area contributed by atoms with E-state index in [1.807, 2.05) is 0 Å². The highest BCUT2D eigenvalue weighted by Gasteiger charge is 2.21. The molecule has 0 radical (unpaired) electrons. The van der Waals surface area contributed by atoms with Crippen LogP contribution in [0.15, 0.2) is 0 Å². The predicted octanol–water partition coefficient (Wildman–Crippen LogP) is 2.49. The van der Waals surface area contributed by atoms with Crippen LogP contribution in [0, 0.1) is 5.41 Å². The minimum absolute atomic E-state index is 0.102. The number of nitrogen functional groups attached to an aromatic ring is 1. The maximum Gasteiger partial charge on any atom is 0.265 e. The zero-order chi connectivity index (χ0) is 14.8. The van der Waals surface area contributed by atoms with Gasteiger partial charge in [-0.1, -0.05) is 32.1 Å². The van der Waals surface area contributed by atoms with Crippen LogP contribution in [-0.2, 0) is 0 Å². The Morgan fingerprint density at radius 2 is 2.05 bits per heavy atom. The van der Waals surface area contributed by atoms with Crippen molar-refractivity contribution < 1.29 is 4.79 Å². The summed E-state index contributed by atoms with van der Waals surface area (Å²) in [6, 6.07) is 0. The van der Waals surface area contributed by atoms with Crippen LogP contribution in [0.5, 0.6) is 0 Å². The predicted molar refractivity (Wildman–Crippen MR) is 84.4 cm³/mol. The fourth-order valence-corrected chi connectivity index (χ4v) is 3.11. The summed E-state index contributed by atoms with van der Waals surface area (Å²) in [7, 11) is 0. The third-order valence-electron chi connectivity index (χ3n) is 3.39. The van der Waals surface area contributed by atoms with Crippen molar-refractivity contribution in [1.82, 2.24) is 10.3 Å². The smallest absolute Gasteiger partial charge is 0.265 e. The summed E-state index contributed by atoms with van der Waals surface area (Å²) in [5.74, 6) is 0.250. The van der Waals surface area contributed by atoms with Crippen LogP contribution in [0.1, 0.15) is 49.7 Å². The van der Waals surface area contributed by atoms with Gasteiger partial charge in [0.05, 0.1) is 0 Å². The summed E-state index contributed by atoms with van der Waals surface area (Å²) in [4.78, 5) is 19.2. The van der Waals surface area contributed by atoms with Gasteiger partial charge in [0.1, 0.15) is 10.7 Å². The molecule has 1 aliphatic rings. The lowest BCUT2D eigenvalue weighted by Gasteiger charge is -2.17. The van der Waals surface area contributed by atoms with Crippen molar-refractivity contribution in [2.24, 2.45) is 5.41 Å². The zero-order valence-electron chi connectivity index (χ0n) is 12.5. The van der Waals surface area contributed by atoms with Gasteiger partial charge in [-0.25, -0.2) is 4.98 Å². The van der Waals surface area contributed by atoms with Crippen molar-refractivity contribution in [3.8, 4) is 0 Å². The second kappa shape index (κ2) is 5.99. The van der Waals surface area contributed by atoms with E-state index < -0.39 is 0 Å². The largest absolute Gasteiger partial charge is 0.382 e. The molecular weight excluding hydrogens is 272 g/mol. The maximum absolute atomic E-state index is 12.1. The van der Waals surface area contributed by atoms with Gasteiger partial charge in [-0.3, -0.25) is 4.79 Å². The molecule has 1 aliphatic heterocycles. The highest BCUT2D eigenvalue weighted by Crippen LogP contribution is 2.30. The molecule has 2 heterocycles. The number of carbonyl (C=O) groups is 1. The number of nitrogens with two attached hydrogens (primary N) is 1. The number of amides is 1. The van der Waals surface area contributed by atoms with Crippen LogP contribution >= 0.6 is 11.3 Å². The first-order valence-corrected chi connectivity index (χ1v) is 7.98. The van der Waals surface area contributed by atoms with Gasteiger partial charge < -0.3 is 16.0 Å². The standard InChI is InChI=1S/C14H24N4OS/c1-14(2,3)6-7-16-12(19)10-11(15)17-13(20-10)18-8-4-5-9-18/h4-9,15H2,1-3H3,(H,16,19). The van der Waals surface area contributed by atoms with Crippen LogP contribution in [0.4, 0.5) is 10.9 Å². The Kier molecular flexibility index (Phi) is 4.52. The van der Waals surface area contributed by atoms with Crippen molar-refractivity contribution in [3.05, 3.63) is 4.88 Å². The summed E-state index contributed by atoms with van der Waals surface area (Å²) < 4.78 is 0. The summed E-state index contributed by atoms with van der Waals surface area (Å²) in [6.07, 6.45) is 3.32. The van der Waals surface area contributed by atoms with E-state index in [9.17, 15) is 4.79 Å². The van der Waals surface area contributed by atoms with Gasteiger partial charge in [0, 0.05) is 19.6 Å². The summed E-state index contributed by atoms with van der Waals surface area (Å²) >= 11 is 1.40. The minimum Gasteiger partial charge on any atom is -0.382 e. The number of anilines is 2. The van der Waals surface area contributed by atoms with E-state index in [0.29, 0.717) is 17.2 Å². The van der Waals surface area contributed by atoms with Gasteiger partial charge in [0.2, 0.25) is 0 Å². The van der Waals surface area contributed by atoms with Crippen molar-refractivity contribution in [2.75, 3.05) is 30.3 Å². The number of hydrogen-bond acceptors (Lipinski definition) is 5. The van der Waals surface area contributed by atoms with E-state index in [-0.39, 0.29) is 11.3 Å². The van der Waals surface area contributed by atoms with E-state index in [1.54, 1.807) is 0 Å². The molecule has 1 amide bonds. The second-order valence-corrected chi connectivity index (χ2v) is 7.45. The molecule has 1 aromatic rings. The molecule has 0 unspecified atom stereocenters. The average molecular weight is 296 g/mol. The lowest BCUT2D eigenvalue weighted by molar-refractivity contribution is 0.0954. The SMILES string of the molecule is CC(C)(C)CCNC(=O)c1sc(N2CCCC2)nc1N. The van der Waals surface area contributed by atoms with Crippen LogP contribution < -0.4 is 16.0 Å². The molecule has 1 saturated heterocycles. The molecule has 0 saturated carbocycles. The fraction of sp³-hybridized carbons (Fsp3) is 0.714. The number of carbonyl (C=O) groups excluding carboxylic acids is 1. The Morgan fingerprint density at radius 1 is 1.40 bits per heavy atom. The van der Waals surface area contributed by atoms with Crippen molar-refractivity contribution in [1.29, 1.82) is 0 Å². The van der Waals surface area contributed by atoms with E-state index in [2.05, 4.69) is 36.0 Å². The van der Waals surface area contributed by atoms with E-state index in [4.69, 9.17) is 5.73 Å². The van der Waals surface area contributed by atoms with Gasteiger partial charge in [0.25, 0.3) is 5.91 Å². The van der Waals surface area contributed by atoms with Crippen molar-refractivity contribution in [2.45, 2.75) is 40.0 Å². The molecule has 0 atom stereocenters. The molecule has 0 bridgehead atoms. The Balaban J connectivity index is 1.95. The number of thiazole rings is 1. The molecule has 112 valence electrons. The Bertz CT molecular complexity index is 472. The van der Waals surface area contributed by atoms with Gasteiger partial charge in [-0.05, 0) is 24.7 Å². The number of nitrogens with one attached hydrogen (secondary N) is 1. The van der Waals surface area contributed by atoms with Crippen LogP contribution in [0.25, 0.3) is 0 Å². The second-order valence-electron chi connectivity index (χ2n) is 6.47. The van der Waals surface area contributed by atoms with E-state index in [1.165, 1.54) is 24.2 Å². The molecule has 1 fully saturated rings. The Hall–Kier alpha value is -1.30. The highest BCUT2D eigenvalue weighted by molar-refractivity contribution is 7.18. The van der Waals surface area contributed by atoms with Crippen LogP contribution in [-0.4, -0.2) is 30.5 Å².